The van der Waals surface area contributed by atoms with Crippen molar-refractivity contribution in [1.29, 1.82) is 0 Å². The lowest BCUT2D eigenvalue weighted by Gasteiger charge is -2.19. The van der Waals surface area contributed by atoms with Gasteiger partial charge >= 0.3 is 0 Å². The summed E-state index contributed by atoms with van der Waals surface area (Å²) in [5, 5.41) is 3.01. The van der Waals surface area contributed by atoms with E-state index in [2.05, 4.69) is 17.4 Å². The van der Waals surface area contributed by atoms with E-state index in [0.717, 1.165) is 35.5 Å². The van der Waals surface area contributed by atoms with Gasteiger partial charge in [-0.3, -0.25) is 4.79 Å². The molecular weight excluding hydrogens is 350 g/mol. The van der Waals surface area contributed by atoms with Crippen LogP contribution >= 0.6 is 0 Å². The Morgan fingerprint density at radius 2 is 1.75 bits per heavy atom. The molecule has 152 valence electrons. The molecule has 2 aromatic carbocycles. The highest BCUT2D eigenvalue weighted by molar-refractivity contribution is 5.81. The maximum atomic E-state index is 12.5. The zero-order chi connectivity index (χ0) is 20.5. The lowest BCUT2D eigenvalue weighted by atomic mass is 10.1. The lowest BCUT2D eigenvalue weighted by Crippen LogP contribution is -2.38. The number of rotatable bonds is 10. The summed E-state index contributed by atoms with van der Waals surface area (Å²) in [6.07, 6.45) is 2.15. The predicted molar refractivity (Wildman–Crippen MR) is 114 cm³/mol. The molecule has 0 bridgehead atoms. The second-order valence-electron chi connectivity index (χ2n) is 7.42. The summed E-state index contributed by atoms with van der Waals surface area (Å²) >= 11 is 0. The molecule has 0 aliphatic rings. The van der Waals surface area contributed by atoms with Crippen molar-refractivity contribution in [2.45, 2.75) is 66.1 Å². The van der Waals surface area contributed by atoms with Crippen LogP contribution in [-0.4, -0.2) is 24.7 Å². The maximum Gasteiger partial charge on any atom is 0.261 e. The van der Waals surface area contributed by atoms with Crippen molar-refractivity contribution in [2.24, 2.45) is 0 Å². The fourth-order valence-electron chi connectivity index (χ4n) is 2.95. The fourth-order valence-corrected chi connectivity index (χ4v) is 2.95. The highest BCUT2D eigenvalue weighted by Gasteiger charge is 2.18. The van der Waals surface area contributed by atoms with Crippen molar-refractivity contribution in [3.63, 3.8) is 0 Å². The van der Waals surface area contributed by atoms with Crippen molar-refractivity contribution in [3.8, 4) is 11.5 Å². The van der Waals surface area contributed by atoms with Gasteiger partial charge in [0, 0.05) is 6.54 Å². The van der Waals surface area contributed by atoms with Gasteiger partial charge in [0.1, 0.15) is 11.5 Å². The van der Waals surface area contributed by atoms with Crippen LogP contribution in [0.5, 0.6) is 11.5 Å². The molecule has 0 aliphatic heterocycles. The molecule has 0 aliphatic carbocycles. The molecule has 0 heterocycles. The summed E-state index contributed by atoms with van der Waals surface area (Å²) in [7, 11) is 0. The zero-order valence-electron chi connectivity index (χ0n) is 17.7. The first-order valence-electron chi connectivity index (χ1n) is 10.2. The molecule has 2 aromatic rings. The second-order valence-corrected chi connectivity index (χ2v) is 7.42. The number of hydrogen-bond donors (Lipinski definition) is 1. The molecule has 0 fully saturated rings. The smallest absolute Gasteiger partial charge is 0.261 e. The number of hydrogen-bond acceptors (Lipinski definition) is 3. The largest absolute Gasteiger partial charge is 0.491 e. The van der Waals surface area contributed by atoms with Crippen LogP contribution in [0.4, 0.5) is 0 Å². The molecule has 1 amide bonds. The zero-order valence-corrected chi connectivity index (χ0v) is 17.7. The topological polar surface area (TPSA) is 47.6 Å². The first-order valence-corrected chi connectivity index (χ1v) is 10.2. The van der Waals surface area contributed by atoms with Gasteiger partial charge in [0.25, 0.3) is 5.91 Å². The third kappa shape index (κ3) is 6.59. The van der Waals surface area contributed by atoms with Crippen molar-refractivity contribution in [3.05, 3.63) is 59.2 Å². The van der Waals surface area contributed by atoms with Crippen LogP contribution in [0.3, 0.4) is 0 Å². The first-order chi connectivity index (χ1) is 13.4. The van der Waals surface area contributed by atoms with Crippen LogP contribution in [0.25, 0.3) is 0 Å². The van der Waals surface area contributed by atoms with Crippen LogP contribution in [0, 0.1) is 13.8 Å². The van der Waals surface area contributed by atoms with Crippen molar-refractivity contribution >= 4 is 5.91 Å². The molecule has 2 rings (SSSR count). The quantitative estimate of drug-likeness (QED) is 0.588. The summed E-state index contributed by atoms with van der Waals surface area (Å²) in [5.41, 5.74) is 3.49. The number of carbonyl (C=O) groups excluding carboxylic acids is 1. The molecule has 0 unspecified atom stereocenters. The average Bonchev–Trinajstić information content (AvgIpc) is 2.67. The Morgan fingerprint density at radius 1 is 1.04 bits per heavy atom. The Labute approximate surface area is 169 Å². The number of aryl methyl sites for hydroxylation is 2. The van der Waals surface area contributed by atoms with Gasteiger partial charge in [-0.15, -0.1) is 0 Å². The van der Waals surface area contributed by atoms with Crippen LogP contribution in [-0.2, 0) is 11.2 Å². The normalized spacial score (nSPS) is 11.9. The van der Waals surface area contributed by atoms with Gasteiger partial charge in [-0.25, -0.2) is 0 Å². The summed E-state index contributed by atoms with van der Waals surface area (Å²) in [6.45, 7) is 10.7. The maximum absolute atomic E-state index is 12.5. The number of nitrogens with one attached hydrogen (secondary N) is 1. The molecule has 0 saturated carbocycles. The van der Waals surface area contributed by atoms with Gasteiger partial charge in [-0.1, -0.05) is 31.2 Å². The molecule has 0 radical (unpaired) electrons. The van der Waals surface area contributed by atoms with Gasteiger partial charge < -0.3 is 14.8 Å². The van der Waals surface area contributed by atoms with E-state index >= 15 is 0 Å². The van der Waals surface area contributed by atoms with Crippen LogP contribution < -0.4 is 14.8 Å². The van der Waals surface area contributed by atoms with E-state index in [1.807, 2.05) is 65.0 Å². The van der Waals surface area contributed by atoms with Gasteiger partial charge in [-0.2, -0.15) is 0 Å². The summed E-state index contributed by atoms with van der Waals surface area (Å²) in [6, 6.07) is 14.1. The molecule has 1 atom stereocenters. The van der Waals surface area contributed by atoms with E-state index in [0.29, 0.717) is 13.0 Å². The Kier molecular flexibility index (Phi) is 8.37. The van der Waals surface area contributed by atoms with E-state index in [4.69, 9.17) is 9.47 Å². The lowest BCUT2D eigenvalue weighted by molar-refractivity contribution is -0.128. The molecule has 4 nitrogen and oxygen atoms in total. The number of carbonyl (C=O) groups is 1. The molecule has 4 heteroatoms. The third-order valence-electron chi connectivity index (χ3n) is 4.72. The van der Waals surface area contributed by atoms with Crippen LogP contribution in [0.2, 0.25) is 0 Å². The molecule has 0 saturated heterocycles. The van der Waals surface area contributed by atoms with Gasteiger partial charge in [-0.05, 0) is 81.8 Å². The minimum Gasteiger partial charge on any atom is -0.491 e. The van der Waals surface area contributed by atoms with Gasteiger partial charge in [0.15, 0.2) is 6.10 Å². The highest BCUT2D eigenvalue weighted by Crippen LogP contribution is 2.22. The fraction of sp³-hybridized carbons (Fsp3) is 0.458. The van der Waals surface area contributed by atoms with Crippen molar-refractivity contribution < 1.29 is 14.3 Å². The number of ether oxygens (including phenoxy) is 2. The van der Waals surface area contributed by atoms with Crippen LogP contribution in [0.1, 0.15) is 50.3 Å². The Hall–Kier alpha value is -2.49. The molecule has 0 aromatic heterocycles. The van der Waals surface area contributed by atoms with Gasteiger partial charge in [0.05, 0.1) is 6.10 Å². The minimum atomic E-state index is -0.465. The SMILES string of the molecule is CC[C@H](Oc1cccc(C)c1C)C(=O)NCCCc1ccc(OC(C)C)cc1. The number of benzene rings is 2. The Morgan fingerprint density at radius 3 is 2.39 bits per heavy atom. The minimum absolute atomic E-state index is 0.0518. The molecule has 0 spiro atoms. The first kappa shape index (κ1) is 21.8. The summed E-state index contributed by atoms with van der Waals surface area (Å²) < 4.78 is 11.6. The monoisotopic (exact) mass is 383 g/mol. The van der Waals surface area contributed by atoms with Crippen molar-refractivity contribution in [1.82, 2.24) is 5.32 Å². The number of amides is 1. The average molecular weight is 384 g/mol. The van der Waals surface area contributed by atoms with Gasteiger partial charge in [0.2, 0.25) is 0 Å². The van der Waals surface area contributed by atoms with E-state index in [1.165, 1.54) is 5.56 Å². The molecular formula is C24H33NO3. The predicted octanol–water partition coefficient (Wildman–Crippen LogP) is 5.00. The summed E-state index contributed by atoms with van der Waals surface area (Å²) in [5.74, 6) is 1.62. The van der Waals surface area contributed by atoms with Crippen LogP contribution in [0.15, 0.2) is 42.5 Å². The highest BCUT2D eigenvalue weighted by atomic mass is 16.5. The van der Waals surface area contributed by atoms with E-state index in [9.17, 15) is 4.79 Å². The standard InChI is InChI=1S/C24H33NO3/c1-6-22(28-23-11-7-9-18(4)19(23)5)24(26)25-16-8-10-20-12-14-21(15-13-20)27-17(2)3/h7,9,11-15,17,22H,6,8,10,16H2,1-5H3,(H,25,26)/t22-/m0/s1. The summed E-state index contributed by atoms with van der Waals surface area (Å²) in [4.78, 5) is 12.5. The van der Waals surface area contributed by atoms with E-state index in [-0.39, 0.29) is 12.0 Å². The Bertz CT molecular complexity index is 753. The van der Waals surface area contributed by atoms with E-state index < -0.39 is 6.10 Å². The van der Waals surface area contributed by atoms with E-state index in [1.54, 1.807) is 0 Å². The second kappa shape index (κ2) is 10.7. The third-order valence-corrected chi connectivity index (χ3v) is 4.72. The molecule has 28 heavy (non-hydrogen) atoms. The Balaban J connectivity index is 1.78. The van der Waals surface area contributed by atoms with Crippen molar-refractivity contribution in [2.75, 3.05) is 6.54 Å². The molecule has 1 N–H and O–H groups in total.